The van der Waals surface area contributed by atoms with Crippen LogP contribution in [-0.4, -0.2) is 22.0 Å². The van der Waals surface area contributed by atoms with Crippen LogP contribution in [0.25, 0.3) is 0 Å². The van der Waals surface area contributed by atoms with Crippen LogP contribution in [0.15, 0.2) is 17.3 Å². The molecule has 0 saturated heterocycles. The van der Waals surface area contributed by atoms with Crippen LogP contribution in [0, 0.1) is 6.92 Å². The molecular formula is C12H13NO3. The maximum atomic E-state index is 11.0. The van der Waals surface area contributed by atoms with Crippen molar-refractivity contribution in [1.29, 1.82) is 0 Å². The summed E-state index contributed by atoms with van der Waals surface area (Å²) >= 11 is 0. The average molecular weight is 219 g/mol. The number of fused-ring (bicyclic) bond motifs is 1. The van der Waals surface area contributed by atoms with Crippen LogP contribution in [0.2, 0.25) is 0 Å². The standard InChI is InChI=1S/C12H13NO3/c1-7-9(12(14)15)6-5-8-3-2-4-10(13-16)11(7)8/h5-6,16H,2-4H2,1H3,(H,14,15). The van der Waals surface area contributed by atoms with Gasteiger partial charge in [-0.2, -0.15) is 0 Å². The van der Waals surface area contributed by atoms with Gasteiger partial charge in [-0.15, -0.1) is 0 Å². The first kappa shape index (κ1) is 10.7. The Hall–Kier alpha value is -1.84. The lowest BCUT2D eigenvalue weighted by molar-refractivity contribution is 0.0696. The second kappa shape index (κ2) is 3.96. The highest BCUT2D eigenvalue weighted by Crippen LogP contribution is 2.27. The van der Waals surface area contributed by atoms with Crippen molar-refractivity contribution >= 4 is 11.7 Å². The molecule has 1 aromatic rings. The molecule has 4 nitrogen and oxygen atoms in total. The molecule has 0 atom stereocenters. The molecule has 1 aromatic carbocycles. The number of hydrogen-bond donors (Lipinski definition) is 2. The van der Waals surface area contributed by atoms with Crippen LogP contribution in [0.4, 0.5) is 0 Å². The monoisotopic (exact) mass is 219 g/mol. The lowest BCUT2D eigenvalue weighted by atomic mass is 9.85. The summed E-state index contributed by atoms with van der Waals surface area (Å²) in [7, 11) is 0. The van der Waals surface area contributed by atoms with E-state index in [4.69, 9.17) is 10.3 Å². The van der Waals surface area contributed by atoms with Crippen LogP contribution < -0.4 is 0 Å². The molecule has 0 unspecified atom stereocenters. The summed E-state index contributed by atoms with van der Waals surface area (Å²) in [6.07, 6.45) is 2.56. The molecule has 0 aliphatic heterocycles. The highest BCUT2D eigenvalue weighted by atomic mass is 16.4. The molecule has 1 aliphatic rings. The first-order chi connectivity index (χ1) is 7.65. The first-order valence-electron chi connectivity index (χ1n) is 5.22. The molecule has 2 N–H and O–H groups in total. The Kier molecular flexibility index (Phi) is 2.64. The van der Waals surface area contributed by atoms with Gasteiger partial charge in [-0.3, -0.25) is 0 Å². The predicted molar refractivity (Wildman–Crippen MR) is 59.4 cm³/mol. The summed E-state index contributed by atoms with van der Waals surface area (Å²) in [6.45, 7) is 1.76. The van der Waals surface area contributed by atoms with Gasteiger partial charge in [-0.1, -0.05) is 11.2 Å². The van der Waals surface area contributed by atoms with Gasteiger partial charge in [-0.05, 0) is 43.4 Å². The number of carboxylic acids is 1. The van der Waals surface area contributed by atoms with Gasteiger partial charge in [0.05, 0.1) is 11.3 Å². The number of rotatable bonds is 1. The van der Waals surface area contributed by atoms with Crippen molar-refractivity contribution in [2.45, 2.75) is 26.2 Å². The third kappa shape index (κ3) is 1.56. The van der Waals surface area contributed by atoms with Crippen molar-refractivity contribution in [1.82, 2.24) is 0 Å². The molecular weight excluding hydrogens is 206 g/mol. The van der Waals surface area contributed by atoms with E-state index in [2.05, 4.69) is 5.16 Å². The molecule has 0 bridgehead atoms. The maximum absolute atomic E-state index is 11.0. The van der Waals surface area contributed by atoms with Crippen molar-refractivity contribution < 1.29 is 15.1 Å². The number of aromatic carboxylic acids is 1. The summed E-state index contributed by atoms with van der Waals surface area (Å²) in [6, 6.07) is 3.44. The van der Waals surface area contributed by atoms with Crippen LogP contribution in [0.3, 0.4) is 0 Å². The molecule has 0 spiro atoms. The van der Waals surface area contributed by atoms with Crippen molar-refractivity contribution in [3.8, 4) is 0 Å². The predicted octanol–water partition coefficient (Wildman–Crippen LogP) is 2.21. The van der Waals surface area contributed by atoms with E-state index in [0.29, 0.717) is 17.7 Å². The quantitative estimate of drug-likeness (QED) is 0.562. The zero-order chi connectivity index (χ0) is 11.7. The molecule has 84 valence electrons. The highest BCUT2D eigenvalue weighted by Gasteiger charge is 2.21. The summed E-state index contributed by atoms with van der Waals surface area (Å²) in [5.74, 6) is -0.942. The molecule has 0 saturated carbocycles. The Bertz CT molecular complexity index is 477. The smallest absolute Gasteiger partial charge is 0.335 e. The zero-order valence-corrected chi connectivity index (χ0v) is 9.03. The molecule has 0 radical (unpaired) electrons. The fourth-order valence-electron chi connectivity index (χ4n) is 2.28. The van der Waals surface area contributed by atoms with Crippen LogP contribution in [0.5, 0.6) is 0 Å². The molecule has 0 aromatic heterocycles. The third-order valence-electron chi connectivity index (χ3n) is 3.05. The fourth-order valence-corrected chi connectivity index (χ4v) is 2.28. The molecule has 2 rings (SSSR count). The number of aryl methyl sites for hydroxylation is 1. The number of benzene rings is 1. The maximum Gasteiger partial charge on any atom is 0.335 e. The largest absolute Gasteiger partial charge is 0.478 e. The van der Waals surface area contributed by atoms with E-state index >= 15 is 0 Å². The molecule has 4 heteroatoms. The van der Waals surface area contributed by atoms with E-state index in [9.17, 15) is 4.79 Å². The zero-order valence-electron chi connectivity index (χ0n) is 9.03. The van der Waals surface area contributed by atoms with Gasteiger partial charge in [0.15, 0.2) is 0 Å². The first-order valence-corrected chi connectivity index (χ1v) is 5.22. The topological polar surface area (TPSA) is 69.9 Å². The summed E-state index contributed by atoms with van der Waals surface area (Å²) in [4.78, 5) is 11.0. The van der Waals surface area contributed by atoms with Crippen molar-refractivity contribution in [3.05, 3.63) is 34.4 Å². The Labute approximate surface area is 93.2 Å². The number of oxime groups is 1. The van der Waals surface area contributed by atoms with E-state index in [1.165, 1.54) is 0 Å². The Morgan fingerprint density at radius 2 is 2.12 bits per heavy atom. The molecule has 16 heavy (non-hydrogen) atoms. The van der Waals surface area contributed by atoms with E-state index in [1.54, 1.807) is 13.0 Å². The van der Waals surface area contributed by atoms with Gasteiger partial charge in [0.1, 0.15) is 0 Å². The lowest BCUT2D eigenvalue weighted by Crippen LogP contribution is -2.16. The lowest BCUT2D eigenvalue weighted by Gasteiger charge is -2.20. The van der Waals surface area contributed by atoms with Crippen molar-refractivity contribution in [2.75, 3.05) is 0 Å². The Morgan fingerprint density at radius 1 is 1.38 bits per heavy atom. The van der Waals surface area contributed by atoms with E-state index in [0.717, 1.165) is 24.0 Å². The summed E-state index contributed by atoms with van der Waals surface area (Å²) in [5, 5.41) is 21.2. The average Bonchev–Trinajstić information content (AvgIpc) is 2.28. The Morgan fingerprint density at radius 3 is 2.75 bits per heavy atom. The van der Waals surface area contributed by atoms with Gasteiger partial charge in [-0.25, -0.2) is 4.79 Å². The summed E-state index contributed by atoms with van der Waals surface area (Å²) < 4.78 is 0. The minimum absolute atomic E-state index is 0.279. The van der Waals surface area contributed by atoms with E-state index in [1.807, 2.05) is 6.07 Å². The van der Waals surface area contributed by atoms with Gasteiger partial charge >= 0.3 is 5.97 Å². The van der Waals surface area contributed by atoms with Crippen LogP contribution in [-0.2, 0) is 6.42 Å². The van der Waals surface area contributed by atoms with E-state index in [-0.39, 0.29) is 5.56 Å². The molecule has 0 amide bonds. The summed E-state index contributed by atoms with van der Waals surface area (Å²) in [5.41, 5.74) is 3.45. The SMILES string of the molecule is Cc1c(C(=O)O)ccc2c1C(=NO)CCC2. The van der Waals surface area contributed by atoms with Crippen molar-refractivity contribution in [2.24, 2.45) is 5.16 Å². The minimum Gasteiger partial charge on any atom is -0.478 e. The van der Waals surface area contributed by atoms with Gasteiger partial charge in [0.2, 0.25) is 0 Å². The molecule has 0 fully saturated rings. The van der Waals surface area contributed by atoms with E-state index < -0.39 is 5.97 Å². The van der Waals surface area contributed by atoms with Gasteiger partial charge < -0.3 is 10.3 Å². The van der Waals surface area contributed by atoms with Gasteiger partial charge in [0.25, 0.3) is 0 Å². The Balaban J connectivity index is 2.66. The number of hydrogen-bond acceptors (Lipinski definition) is 3. The second-order valence-electron chi connectivity index (χ2n) is 3.98. The van der Waals surface area contributed by atoms with Crippen molar-refractivity contribution in [3.63, 3.8) is 0 Å². The normalized spacial score (nSPS) is 17.2. The molecule has 1 aliphatic carbocycles. The second-order valence-corrected chi connectivity index (χ2v) is 3.98. The van der Waals surface area contributed by atoms with Crippen LogP contribution >= 0.6 is 0 Å². The third-order valence-corrected chi connectivity index (χ3v) is 3.05. The highest BCUT2D eigenvalue weighted by molar-refractivity contribution is 6.05. The molecule has 0 heterocycles. The van der Waals surface area contributed by atoms with Crippen LogP contribution in [0.1, 0.15) is 39.9 Å². The minimum atomic E-state index is -0.942. The number of carbonyl (C=O) groups is 1. The fraction of sp³-hybridized carbons (Fsp3) is 0.333. The van der Waals surface area contributed by atoms with Gasteiger partial charge in [0, 0.05) is 5.56 Å². The number of nitrogens with zero attached hydrogens (tertiary/aromatic N) is 1. The number of carboxylic acid groups (broad SMARTS) is 1.